The van der Waals surface area contributed by atoms with Gasteiger partial charge in [0.2, 0.25) is 0 Å². The average Bonchev–Trinajstić information content (AvgIpc) is 2.41. The predicted molar refractivity (Wildman–Crippen MR) is 73.9 cm³/mol. The van der Waals surface area contributed by atoms with Gasteiger partial charge in [0.1, 0.15) is 5.75 Å². The Labute approximate surface area is 121 Å². The first-order valence-electron chi connectivity index (χ1n) is 6.07. The first-order valence-corrected chi connectivity index (χ1v) is 7.72. The summed E-state index contributed by atoms with van der Waals surface area (Å²) in [6.45, 7) is 1.81. The maximum Gasteiger partial charge on any atom is 0.185 e. The zero-order chi connectivity index (χ0) is 15.6. The predicted octanol–water partition coefficient (Wildman–Crippen LogP) is 2.93. The molecule has 0 saturated carbocycles. The molecule has 0 aliphatic heterocycles. The normalized spacial score (nSPS) is 11.4. The standard InChI is InChI=1S/C15H12F2O3S/c1-10-2-5-12(6-3-10)21(19,20)9-15(18)11-4-7-13(16)14(17)8-11/h2-8H,9H2,1H3. The van der Waals surface area contributed by atoms with Gasteiger partial charge < -0.3 is 0 Å². The molecule has 0 spiro atoms. The van der Waals surface area contributed by atoms with Crippen LogP contribution in [0.15, 0.2) is 47.4 Å². The molecular weight excluding hydrogens is 298 g/mol. The molecule has 0 aliphatic rings. The van der Waals surface area contributed by atoms with E-state index in [4.69, 9.17) is 0 Å². The number of Topliss-reactive ketones (excluding diaryl/α,β-unsaturated/α-hetero) is 1. The van der Waals surface area contributed by atoms with Gasteiger partial charge in [-0.1, -0.05) is 17.7 Å². The number of aryl methyl sites for hydroxylation is 1. The van der Waals surface area contributed by atoms with Crippen molar-refractivity contribution in [1.29, 1.82) is 0 Å². The van der Waals surface area contributed by atoms with Crippen molar-refractivity contribution < 1.29 is 22.0 Å². The van der Waals surface area contributed by atoms with Crippen LogP contribution in [0.5, 0.6) is 0 Å². The molecule has 0 aliphatic carbocycles. The summed E-state index contributed by atoms with van der Waals surface area (Å²) in [7, 11) is -3.81. The number of benzene rings is 2. The molecule has 0 atom stereocenters. The van der Waals surface area contributed by atoms with Crippen LogP contribution in [-0.4, -0.2) is 20.0 Å². The second-order valence-electron chi connectivity index (χ2n) is 4.62. The Kier molecular flexibility index (Phi) is 4.18. The Morgan fingerprint density at radius 3 is 2.19 bits per heavy atom. The minimum Gasteiger partial charge on any atom is -0.293 e. The zero-order valence-electron chi connectivity index (χ0n) is 11.1. The van der Waals surface area contributed by atoms with E-state index < -0.39 is 33.0 Å². The molecule has 0 amide bonds. The monoisotopic (exact) mass is 310 g/mol. The first-order chi connectivity index (χ1) is 9.79. The highest BCUT2D eigenvalue weighted by Crippen LogP contribution is 2.15. The quantitative estimate of drug-likeness (QED) is 0.816. The molecule has 0 radical (unpaired) electrons. The fourth-order valence-electron chi connectivity index (χ4n) is 1.75. The summed E-state index contributed by atoms with van der Waals surface area (Å²) < 4.78 is 50.0. The van der Waals surface area contributed by atoms with E-state index in [9.17, 15) is 22.0 Å². The van der Waals surface area contributed by atoms with E-state index in [1.165, 1.54) is 12.1 Å². The number of carbonyl (C=O) groups excluding carboxylic acids is 1. The maximum atomic E-state index is 13.1. The summed E-state index contributed by atoms with van der Waals surface area (Å²) in [6.07, 6.45) is 0. The molecule has 0 unspecified atom stereocenters. The van der Waals surface area contributed by atoms with Crippen LogP contribution in [0.25, 0.3) is 0 Å². The van der Waals surface area contributed by atoms with Crippen LogP contribution in [-0.2, 0) is 9.84 Å². The highest BCUT2D eigenvalue weighted by Gasteiger charge is 2.21. The lowest BCUT2D eigenvalue weighted by Gasteiger charge is -2.05. The van der Waals surface area contributed by atoms with Gasteiger partial charge in [0.05, 0.1) is 4.90 Å². The number of rotatable bonds is 4. The average molecular weight is 310 g/mol. The maximum absolute atomic E-state index is 13.1. The summed E-state index contributed by atoms with van der Waals surface area (Å²) in [5.41, 5.74) is 0.713. The second kappa shape index (κ2) is 5.73. The second-order valence-corrected chi connectivity index (χ2v) is 6.61. The molecule has 6 heteroatoms. The smallest absolute Gasteiger partial charge is 0.185 e. The summed E-state index contributed by atoms with van der Waals surface area (Å²) in [4.78, 5) is 11.9. The molecule has 110 valence electrons. The van der Waals surface area contributed by atoms with Crippen molar-refractivity contribution in [2.45, 2.75) is 11.8 Å². The third-order valence-corrected chi connectivity index (χ3v) is 4.58. The molecule has 0 bridgehead atoms. The summed E-state index contributed by atoms with van der Waals surface area (Å²) in [5.74, 6) is -3.85. The van der Waals surface area contributed by atoms with Gasteiger partial charge >= 0.3 is 0 Å². The van der Waals surface area contributed by atoms with Gasteiger partial charge in [-0.05, 0) is 37.3 Å². The van der Waals surface area contributed by atoms with E-state index in [-0.39, 0.29) is 10.5 Å². The lowest BCUT2D eigenvalue weighted by Crippen LogP contribution is -2.16. The van der Waals surface area contributed by atoms with E-state index >= 15 is 0 Å². The molecule has 3 nitrogen and oxygen atoms in total. The Morgan fingerprint density at radius 2 is 1.62 bits per heavy atom. The molecular formula is C15H12F2O3S. The number of halogens is 2. The third kappa shape index (κ3) is 3.52. The number of hydrogen-bond acceptors (Lipinski definition) is 3. The summed E-state index contributed by atoms with van der Waals surface area (Å²) in [5, 5.41) is 0. The van der Waals surface area contributed by atoms with Gasteiger partial charge in [-0.15, -0.1) is 0 Å². The first kappa shape index (κ1) is 15.3. The third-order valence-electron chi connectivity index (χ3n) is 2.94. The molecule has 0 aromatic heterocycles. The van der Waals surface area contributed by atoms with Crippen LogP contribution in [0.2, 0.25) is 0 Å². The van der Waals surface area contributed by atoms with Crippen LogP contribution >= 0.6 is 0 Å². The van der Waals surface area contributed by atoms with E-state index in [1.54, 1.807) is 12.1 Å². The number of carbonyl (C=O) groups is 1. The topological polar surface area (TPSA) is 51.2 Å². The highest BCUT2D eigenvalue weighted by molar-refractivity contribution is 7.92. The molecule has 0 saturated heterocycles. The van der Waals surface area contributed by atoms with Gasteiger partial charge in [0.25, 0.3) is 0 Å². The van der Waals surface area contributed by atoms with E-state index in [1.807, 2.05) is 6.92 Å². The number of hydrogen-bond donors (Lipinski definition) is 0. The minimum atomic E-state index is -3.81. The van der Waals surface area contributed by atoms with Crippen molar-refractivity contribution in [3.05, 3.63) is 65.2 Å². The zero-order valence-corrected chi connectivity index (χ0v) is 12.0. The van der Waals surface area contributed by atoms with Gasteiger partial charge in [-0.3, -0.25) is 4.79 Å². The van der Waals surface area contributed by atoms with E-state index in [0.717, 1.165) is 17.7 Å². The van der Waals surface area contributed by atoms with Crippen LogP contribution in [0.4, 0.5) is 8.78 Å². The van der Waals surface area contributed by atoms with Gasteiger partial charge in [0.15, 0.2) is 27.3 Å². The number of ketones is 1. The van der Waals surface area contributed by atoms with Gasteiger partial charge in [-0.2, -0.15) is 0 Å². The van der Waals surface area contributed by atoms with Crippen LogP contribution in [0.1, 0.15) is 15.9 Å². The summed E-state index contributed by atoms with van der Waals surface area (Å²) >= 11 is 0. The molecule has 0 heterocycles. The molecule has 0 N–H and O–H groups in total. The molecule has 0 fully saturated rings. The molecule has 2 aromatic rings. The van der Waals surface area contributed by atoms with Crippen LogP contribution in [0, 0.1) is 18.6 Å². The van der Waals surface area contributed by atoms with E-state index in [0.29, 0.717) is 6.07 Å². The Hall–Kier alpha value is -2.08. The Morgan fingerprint density at radius 1 is 1.00 bits per heavy atom. The Balaban J connectivity index is 2.25. The van der Waals surface area contributed by atoms with Gasteiger partial charge in [0, 0.05) is 5.56 Å². The van der Waals surface area contributed by atoms with Crippen molar-refractivity contribution in [2.75, 3.05) is 5.75 Å². The fraction of sp³-hybridized carbons (Fsp3) is 0.133. The number of sulfone groups is 1. The lowest BCUT2D eigenvalue weighted by atomic mass is 10.1. The van der Waals surface area contributed by atoms with Crippen molar-refractivity contribution in [3.63, 3.8) is 0 Å². The van der Waals surface area contributed by atoms with Crippen LogP contribution < -0.4 is 0 Å². The fourth-order valence-corrected chi connectivity index (χ4v) is 2.98. The SMILES string of the molecule is Cc1ccc(S(=O)(=O)CC(=O)c2ccc(F)c(F)c2)cc1. The largest absolute Gasteiger partial charge is 0.293 e. The molecule has 21 heavy (non-hydrogen) atoms. The van der Waals surface area contributed by atoms with Crippen molar-refractivity contribution in [3.8, 4) is 0 Å². The summed E-state index contributed by atoms with van der Waals surface area (Å²) in [6, 6.07) is 8.60. The van der Waals surface area contributed by atoms with Gasteiger partial charge in [-0.25, -0.2) is 17.2 Å². The van der Waals surface area contributed by atoms with Crippen LogP contribution in [0.3, 0.4) is 0 Å². The van der Waals surface area contributed by atoms with E-state index in [2.05, 4.69) is 0 Å². The Bertz CT molecular complexity index is 781. The minimum absolute atomic E-state index is 0.0176. The molecule has 2 aromatic carbocycles. The van der Waals surface area contributed by atoms with Crippen molar-refractivity contribution in [2.24, 2.45) is 0 Å². The lowest BCUT2D eigenvalue weighted by molar-refractivity contribution is 0.102. The molecule has 2 rings (SSSR count). The highest BCUT2D eigenvalue weighted by atomic mass is 32.2. The van der Waals surface area contributed by atoms with Crippen molar-refractivity contribution >= 4 is 15.6 Å². The van der Waals surface area contributed by atoms with Crippen molar-refractivity contribution in [1.82, 2.24) is 0 Å².